The highest BCUT2D eigenvalue weighted by Crippen LogP contribution is 2.31. The van der Waals surface area contributed by atoms with Gasteiger partial charge < -0.3 is 15.4 Å². The molecule has 1 aliphatic carbocycles. The highest BCUT2D eigenvalue weighted by atomic mass is 32.1. The van der Waals surface area contributed by atoms with Crippen LogP contribution in [0, 0.1) is 0 Å². The zero-order valence-corrected chi connectivity index (χ0v) is 16.7. The van der Waals surface area contributed by atoms with Crippen LogP contribution in [0.4, 0.5) is 4.79 Å². The van der Waals surface area contributed by atoms with E-state index in [1.165, 1.54) is 21.9 Å². The van der Waals surface area contributed by atoms with Crippen molar-refractivity contribution in [2.75, 3.05) is 13.1 Å². The highest BCUT2D eigenvalue weighted by molar-refractivity contribution is 7.20. The minimum absolute atomic E-state index is 0.375. The van der Waals surface area contributed by atoms with Crippen LogP contribution < -0.4 is 15.4 Å². The fraction of sp³-hybridized carbons (Fsp3) is 0.400. The van der Waals surface area contributed by atoms with Crippen LogP contribution in [0.15, 0.2) is 35.8 Å². The summed E-state index contributed by atoms with van der Waals surface area (Å²) in [6.07, 6.45) is 4.94. The lowest BCUT2D eigenvalue weighted by Gasteiger charge is -2.22. The summed E-state index contributed by atoms with van der Waals surface area (Å²) in [4.78, 5) is 17.8. The Balaban J connectivity index is 1.10. The number of ether oxygens (including phenoxy) is 1. The summed E-state index contributed by atoms with van der Waals surface area (Å²) in [6, 6.07) is 10.5. The van der Waals surface area contributed by atoms with E-state index >= 15 is 0 Å². The Morgan fingerprint density at radius 3 is 3.07 bits per heavy atom. The van der Waals surface area contributed by atoms with E-state index < -0.39 is 0 Å². The molecule has 1 unspecified atom stereocenters. The Hall–Kier alpha value is -1.96. The van der Waals surface area contributed by atoms with Crippen molar-refractivity contribution in [3.8, 4) is 5.06 Å². The maximum atomic E-state index is 11.9. The monoisotopic (exact) mass is 401 g/mol. The molecule has 27 heavy (non-hydrogen) atoms. The van der Waals surface area contributed by atoms with Crippen molar-refractivity contribution in [3.05, 3.63) is 46.4 Å². The van der Waals surface area contributed by atoms with Gasteiger partial charge in [0, 0.05) is 28.2 Å². The molecule has 0 fully saturated rings. The molecule has 1 aliphatic rings. The number of nitrogens with one attached hydrogen (secondary N) is 2. The van der Waals surface area contributed by atoms with E-state index in [4.69, 9.17) is 4.74 Å². The first-order valence-electron chi connectivity index (χ1n) is 9.37. The molecular formula is C20H23N3O2S2. The molecule has 1 atom stereocenters. The lowest BCUT2D eigenvalue weighted by molar-refractivity contribution is 0.201. The van der Waals surface area contributed by atoms with Crippen LogP contribution >= 0.6 is 22.7 Å². The van der Waals surface area contributed by atoms with Gasteiger partial charge in [0.1, 0.15) is 0 Å². The van der Waals surface area contributed by atoms with Gasteiger partial charge in [-0.05, 0) is 50.1 Å². The number of unbranched alkanes of at least 4 members (excludes halogenated alkanes) is 1. The molecule has 0 saturated heterocycles. The third-order valence-corrected chi connectivity index (χ3v) is 6.68. The van der Waals surface area contributed by atoms with Crippen LogP contribution in [-0.2, 0) is 12.8 Å². The molecule has 142 valence electrons. The van der Waals surface area contributed by atoms with Gasteiger partial charge in [0.15, 0.2) is 5.06 Å². The zero-order chi connectivity index (χ0) is 18.5. The number of aryl methyl sites for hydroxylation is 1. The van der Waals surface area contributed by atoms with Crippen LogP contribution in [0.5, 0.6) is 5.06 Å². The Labute approximate surface area is 166 Å². The number of hydrogen-bond donors (Lipinski definition) is 2. The number of thiazole rings is 1. The number of fused-ring (bicyclic) bond motifs is 2. The van der Waals surface area contributed by atoms with Crippen LogP contribution in [0.2, 0.25) is 0 Å². The van der Waals surface area contributed by atoms with Crippen molar-refractivity contribution < 1.29 is 9.53 Å². The molecule has 4 rings (SSSR count). The summed E-state index contributed by atoms with van der Waals surface area (Å²) in [7, 11) is 0. The van der Waals surface area contributed by atoms with Crippen molar-refractivity contribution in [2.24, 2.45) is 0 Å². The topological polar surface area (TPSA) is 63.2 Å². The Kier molecular flexibility index (Phi) is 6.01. The van der Waals surface area contributed by atoms with E-state index in [-0.39, 0.29) is 6.09 Å². The molecule has 2 heterocycles. The molecule has 1 aromatic carbocycles. The standard InChI is InChI=1S/C20H23N3O2S2/c24-20(25-19-11-14-5-1-2-6-17(14)27-19)22-10-4-3-9-21-15-7-8-16-18(12-15)26-13-23-16/h1-2,5-6,11,13,15,21H,3-4,7-10,12H2,(H,22,24). The van der Waals surface area contributed by atoms with Gasteiger partial charge in [-0.15, -0.1) is 11.3 Å². The van der Waals surface area contributed by atoms with Gasteiger partial charge >= 0.3 is 6.09 Å². The van der Waals surface area contributed by atoms with Crippen LogP contribution in [0.1, 0.15) is 29.8 Å². The van der Waals surface area contributed by atoms with Crippen molar-refractivity contribution in [1.29, 1.82) is 0 Å². The predicted molar refractivity (Wildman–Crippen MR) is 111 cm³/mol. The van der Waals surface area contributed by atoms with Gasteiger partial charge in [-0.1, -0.05) is 29.5 Å². The van der Waals surface area contributed by atoms with E-state index in [1.807, 2.05) is 35.8 Å². The number of carbonyl (C=O) groups excluding carboxylic acids is 1. The molecule has 0 spiro atoms. The second-order valence-corrected chi connectivity index (χ2v) is 8.73. The first-order chi connectivity index (χ1) is 13.3. The van der Waals surface area contributed by atoms with E-state index in [1.54, 1.807) is 11.3 Å². The number of amides is 1. The molecule has 3 aromatic rings. The molecule has 7 heteroatoms. The molecule has 0 aliphatic heterocycles. The van der Waals surface area contributed by atoms with Gasteiger partial charge in [0.25, 0.3) is 0 Å². The van der Waals surface area contributed by atoms with Gasteiger partial charge in [0.2, 0.25) is 0 Å². The van der Waals surface area contributed by atoms with Gasteiger partial charge in [-0.25, -0.2) is 9.78 Å². The van der Waals surface area contributed by atoms with Crippen molar-refractivity contribution >= 4 is 38.9 Å². The summed E-state index contributed by atoms with van der Waals surface area (Å²) in [6.45, 7) is 1.61. The highest BCUT2D eigenvalue weighted by Gasteiger charge is 2.19. The normalized spacial score (nSPS) is 16.2. The maximum Gasteiger partial charge on any atom is 0.413 e. The molecular weight excluding hydrogens is 378 g/mol. The number of benzene rings is 1. The quantitative estimate of drug-likeness (QED) is 0.577. The van der Waals surface area contributed by atoms with E-state index in [0.29, 0.717) is 17.6 Å². The number of aromatic nitrogens is 1. The second-order valence-electron chi connectivity index (χ2n) is 6.74. The Morgan fingerprint density at radius 1 is 1.26 bits per heavy atom. The maximum absolute atomic E-state index is 11.9. The fourth-order valence-corrected chi connectivity index (χ4v) is 5.16. The summed E-state index contributed by atoms with van der Waals surface area (Å²) in [5.41, 5.74) is 3.25. The van der Waals surface area contributed by atoms with Crippen molar-refractivity contribution in [1.82, 2.24) is 15.6 Å². The molecule has 2 N–H and O–H groups in total. The SMILES string of the molecule is O=C(NCCCCNC1CCc2ncsc2C1)Oc1cc2ccccc2s1. The van der Waals surface area contributed by atoms with Gasteiger partial charge in [0.05, 0.1) is 11.2 Å². The summed E-state index contributed by atoms with van der Waals surface area (Å²) < 4.78 is 6.50. The minimum atomic E-state index is -0.375. The predicted octanol–water partition coefficient (Wildman–Crippen LogP) is 4.37. The zero-order valence-electron chi connectivity index (χ0n) is 15.1. The van der Waals surface area contributed by atoms with Crippen molar-refractivity contribution in [3.63, 3.8) is 0 Å². The lowest BCUT2D eigenvalue weighted by Crippen LogP contribution is -2.35. The lowest BCUT2D eigenvalue weighted by atomic mass is 9.97. The van der Waals surface area contributed by atoms with Crippen LogP contribution in [0.3, 0.4) is 0 Å². The average molecular weight is 402 g/mol. The third kappa shape index (κ3) is 4.86. The van der Waals surface area contributed by atoms with E-state index in [9.17, 15) is 4.79 Å². The molecule has 0 radical (unpaired) electrons. The summed E-state index contributed by atoms with van der Waals surface area (Å²) in [5.74, 6) is 0. The number of thiophene rings is 1. The summed E-state index contributed by atoms with van der Waals surface area (Å²) in [5, 5.41) is 8.20. The third-order valence-electron chi connectivity index (χ3n) is 4.79. The largest absolute Gasteiger partial charge is 0.413 e. The smallest absolute Gasteiger partial charge is 0.399 e. The number of carbonyl (C=O) groups is 1. The first-order valence-corrected chi connectivity index (χ1v) is 11.1. The number of rotatable bonds is 7. The van der Waals surface area contributed by atoms with Crippen LogP contribution in [0.25, 0.3) is 10.1 Å². The van der Waals surface area contributed by atoms with Crippen molar-refractivity contribution in [2.45, 2.75) is 38.1 Å². The van der Waals surface area contributed by atoms with Crippen LogP contribution in [-0.4, -0.2) is 30.2 Å². The minimum Gasteiger partial charge on any atom is -0.399 e. The number of hydrogen-bond acceptors (Lipinski definition) is 6. The molecule has 1 amide bonds. The fourth-order valence-electron chi connectivity index (χ4n) is 3.36. The van der Waals surface area contributed by atoms with E-state index in [0.717, 1.165) is 48.7 Å². The molecule has 5 nitrogen and oxygen atoms in total. The van der Waals surface area contributed by atoms with E-state index in [2.05, 4.69) is 15.6 Å². The Morgan fingerprint density at radius 2 is 2.15 bits per heavy atom. The molecule has 2 aromatic heterocycles. The molecule has 0 bridgehead atoms. The van der Waals surface area contributed by atoms with Gasteiger partial charge in [-0.3, -0.25) is 0 Å². The first kappa shape index (κ1) is 18.4. The average Bonchev–Trinajstić information content (AvgIpc) is 3.29. The Bertz CT molecular complexity index is 872. The molecule has 0 saturated carbocycles. The summed E-state index contributed by atoms with van der Waals surface area (Å²) >= 11 is 3.26. The number of nitrogens with zero attached hydrogens (tertiary/aromatic N) is 1. The second kappa shape index (κ2) is 8.82. The van der Waals surface area contributed by atoms with Gasteiger partial charge in [-0.2, -0.15) is 0 Å².